The molecule has 7 nitrogen and oxygen atoms in total. The van der Waals surface area contributed by atoms with Crippen molar-refractivity contribution in [2.75, 3.05) is 31.1 Å². The van der Waals surface area contributed by atoms with Crippen LogP contribution in [0.3, 0.4) is 0 Å². The van der Waals surface area contributed by atoms with E-state index in [1.807, 2.05) is 30.9 Å². The lowest BCUT2D eigenvalue weighted by Gasteiger charge is -2.37. The quantitative estimate of drug-likeness (QED) is 0.843. The van der Waals surface area contributed by atoms with Gasteiger partial charge in [0.15, 0.2) is 0 Å². The third kappa shape index (κ3) is 4.71. The van der Waals surface area contributed by atoms with E-state index in [1.54, 1.807) is 0 Å². The number of aromatic nitrogens is 2. The van der Waals surface area contributed by atoms with E-state index in [9.17, 15) is 4.79 Å². The van der Waals surface area contributed by atoms with Crippen molar-refractivity contribution in [1.82, 2.24) is 20.4 Å². The van der Waals surface area contributed by atoms with E-state index in [-0.39, 0.29) is 11.9 Å². The Morgan fingerprint density at radius 2 is 1.76 bits per heavy atom. The van der Waals surface area contributed by atoms with E-state index in [1.165, 1.54) is 19.3 Å². The molecule has 29 heavy (non-hydrogen) atoms. The molecule has 1 aromatic carbocycles. The van der Waals surface area contributed by atoms with Crippen LogP contribution in [-0.2, 0) is 0 Å². The maximum absolute atomic E-state index is 12.5. The summed E-state index contributed by atoms with van der Waals surface area (Å²) in [5.41, 5.74) is 2.11. The number of anilines is 1. The Kier molecular flexibility index (Phi) is 6.02. The first-order valence-corrected chi connectivity index (χ1v) is 10.8. The number of urea groups is 1. The maximum atomic E-state index is 12.5. The van der Waals surface area contributed by atoms with Gasteiger partial charge in [-0.05, 0) is 37.1 Å². The molecule has 0 atom stereocenters. The van der Waals surface area contributed by atoms with Crippen molar-refractivity contribution in [1.29, 1.82) is 0 Å². The van der Waals surface area contributed by atoms with Gasteiger partial charge in [-0.25, -0.2) is 4.79 Å². The molecular formula is C22H31N5O2. The van der Waals surface area contributed by atoms with Crippen LogP contribution in [0, 0.1) is 0 Å². The van der Waals surface area contributed by atoms with Gasteiger partial charge in [0.2, 0.25) is 11.7 Å². The van der Waals surface area contributed by atoms with Crippen LogP contribution in [0.15, 0.2) is 28.8 Å². The number of carbonyl (C=O) groups is 1. The molecule has 1 saturated heterocycles. The SMILES string of the molecule is CC(C)c1nc(-c2ccc(N3CCN(C(=O)NC4CCCCC4)CC3)cc2)no1. The van der Waals surface area contributed by atoms with Gasteiger partial charge in [-0.2, -0.15) is 4.98 Å². The highest BCUT2D eigenvalue weighted by atomic mass is 16.5. The minimum Gasteiger partial charge on any atom is -0.368 e. The molecule has 0 spiro atoms. The van der Waals surface area contributed by atoms with E-state index < -0.39 is 0 Å². The van der Waals surface area contributed by atoms with Crippen molar-refractivity contribution >= 4 is 11.7 Å². The van der Waals surface area contributed by atoms with Crippen molar-refractivity contribution in [3.8, 4) is 11.4 Å². The highest BCUT2D eigenvalue weighted by molar-refractivity contribution is 5.75. The summed E-state index contributed by atoms with van der Waals surface area (Å²) in [4.78, 5) is 21.3. The molecule has 4 rings (SSSR count). The molecule has 2 heterocycles. The second-order valence-electron chi connectivity index (χ2n) is 8.42. The fourth-order valence-corrected chi connectivity index (χ4v) is 4.09. The fraction of sp³-hybridized carbons (Fsp3) is 0.591. The van der Waals surface area contributed by atoms with Gasteiger partial charge in [0, 0.05) is 49.4 Å². The number of piperazine rings is 1. The number of nitrogens with one attached hydrogen (secondary N) is 1. The van der Waals surface area contributed by atoms with Gasteiger partial charge in [-0.15, -0.1) is 0 Å². The third-order valence-electron chi connectivity index (χ3n) is 5.93. The number of carbonyl (C=O) groups excluding carboxylic acids is 1. The van der Waals surface area contributed by atoms with Gasteiger partial charge in [0.1, 0.15) is 0 Å². The van der Waals surface area contributed by atoms with Gasteiger partial charge in [-0.1, -0.05) is 38.3 Å². The minimum atomic E-state index is 0.102. The lowest BCUT2D eigenvalue weighted by Crippen LogP contribution is -2.53. The van der Waals surface area contributed by atoms with Crippen LogP contribution in [0.4, 0.5) is 10.5 Å². The summed E-state index contributed by atoms with van der Waals surface area (Å²) >= 11 is 0. The lowest BCUT2D eigenvalue weighted by molar-refractivity contribution is 0.186. The van der Waals surface area contributed by atoms with E-state index in [0.717, 1.165) is 50.3 Å². The Morgan fingerprint density at radius 3 is 2.38 bits per heavy atom. The van der Waals surface area contributed by atoms with Crippen LogP contribution in [0.1, 0.15) is 57.8 Å². The summed E-state index contributed by atoms with van der Waals surface area (Å²) in [7, 11) is 0. The number of nitrogens with zero attached hydrogens (tertiary/aromatic N) is 4. The Bertz CT molecular complexity index is 803. The first-order valence-electron chi connectivity index (χ1n) is 10.8. The topological polar surface area (TPSA) is 74.5 Å². The summed E-state index contributed by atoms with van der Waals surface area (Å²) in [6.07, 6.45) is 6.01. The average molecular weight is 398 g/mol. The molecule has 156 valence electrons. The van der Waals surface area contributed by atoms with Crippen molar-refractivity contribution in [3.63, 3.8) is 0 Å². The smallest absolute Gasteiger partial charge is 0.317 e. The molecule has 2 aliphatic rings. The Labute approximate surface area is 172 Å². The molecule has 2 aromatic rings. The normalized spacial score (nSPS) is 18.3. The van der Waals surface area contributed by atoms with Crippen molar-refractivity contribution in [2.24, 2.45) is 0 Å². The fourth-order valence-electron chi connectivity index (χ4n) is 4.09. The van der Waals surface area contributed by atoms with Crippen LogP contribution >= 0.6 is 0 Å². The molecule has 0 unspecified atom stereocenters. The molecule has 1 aliphatic heterocycles. The highest BCUT2D eigenvalue weighted by Crippen LogP contribution is 2.24. The van der Waals surface area contributed by atoms with Gasteiger partial charge in [0.25, 0.3) is 0 Å². The molecule has 2 fully saturated rings. The van der Waals surface area contributed by atoms with Crippen LogP contribution < -0.4 is 10.2 Å². The van der Waals surface area contributed by atoms with E-state index in [4.69, 9.17) is 4.52 Å². The third-order valence-corrected chi connectivity index (χ3v) is 5.93. The summed E-state index contributed by atoms with van der Waals surface area (Å²) in [6.45, 7) is 7.27. The molecule has 1 aromatic heterocycles. The molecule has 1 aliphatic carbocycles. The number of rotatable bonds is 4. The summed E-state index contributed by atoms with van der Waals surface area (Å²) in [5.74, 6) is 1.51. The van der Waals surface area contributed by atoms with Crippen molar-refractivity contribution in [3.05, 3.63) is 30.2 Å². The van der Waals surface area contributed by atoms with Crippen LogP contribution in [0.5, 0.6) is 0 Å². The van der Waals surface area contributed by atoms with Gasteiger partial charge in [-0.3, -0.25) is 0 Å². The van der Waals surface area contributed by atoms with E-state index in [2.05, 4.69) is 32.5 Å². The summed E-state index contributed by atoms with van der Waals surface area (Å²) in [5, 5.41) is 7.30. The first-order chi connectivity index (χ1) is 14.1. The van der Waals surface area contributed by atoms with Crippen molar-refractivity contribution < 1.29 is 9.32 Å². The molecule has 0 bridgehead atoms. The average Bonchev–Trinajstić information content (AvgIpc) is 3.25. The Balaban J connectivity index is 1.30. The molecular weight excluding hydrogens is 366 g/mol. The second kappa shape index (κ2) is 8.84. The Morgan fingerprint density at radius 1 is 1.07 bits per heavy atom. The number of hydrogen-bond donors (Lipinski definition) is 1. The van der Waals surface area contributed by atoms with Crippen LogP contribution in [0.2, 0.25) is 0 Å². The zero-order chi connectivity index (χ0) is 20.2. The van der Waals surface area contributed by atoms with Crippen LogP contribution in [-0.4, -0.2) is 53.3 Å². The van der Waals surface area contributed by atoms with Crippen LogP contribution in [0.25, 0.3) is 11.4 Å². The standard InChI is InChI=1S/C22H31N5O2/c1-16(2)21-24-20(25-29-21)17-8-10-19(11-9-17)26-12-14-27(15-13-26)22(28)23-18-6-4-3-5-7-18/h8-11,16,18H,3-7,12-15H2,1-2H3,(H,23,28). The van der Waals surface area contributed by atoms with Gasteiger partial charge in [0.05, 0.1) is 0 Å². The largest absolute Gasteiger partial charge is 0.368 e. The van der Waals surface area contributed by atoms with Gasteiger partial charge < -0.3 is 19.6 Å². The number of benzene rings is 1. The first kappa shape index (κ1) is 19.7. The Hall–Kier alpha value is -2.57. The highest BCUT2D eigenvalue weighted by Gasteiger charge is 2.24. The minimum absolute atomic E-state index is 0.102. The summed E-state index contributed by atoms with van der Waals surface area (Å²) in [6, 6.07) is 8.73. The number of hydrogen-bond acceptors (Lipinski definition) is 5. The molecule has 2 amide bonds. The van der Waals surface area contributed by atoms with E-state index >= 15 is 0 Å². The predicted molar refractivity (Wildman–Crippen MR) is 113 cm³/mol. The molecule has 1 saturated carbocycles. The van der Waals surface area contributed by atoms with Crippen molar-refractivity contribution in [2.45, 2.75) is 57.9 Å². The molecule has 0 radical (unpaired) electrons. The molecule has 7 heteroatoms. The maximum Gasteiger partial charge on any atom is 0.317 e. The zero-order valence-electron chi connectivity index (χ0n) is 17.4. The second-order valence-corrected chi connectivity index (χ2v) is 8.42. The lowest BCUT2D eigenvalue weighted by atomic mass is 9.96. The zero-order valence-corrected chi connectivity index (χ0v) is 17.4. The molecule has 1 N–H and O–H groups in total. The van der Waals surface area contributed by atoms with E-state index in [0.29, 0.717) is 17.8 Å². The predicted octanol–water partition coefficient (Wildman–Crippen LogP) is 4.02. The summed E-state index contributed by atoms with van der Waals surface area (Å²) < 4.78 is 5.30. The number of amides is 2. The van der Waals surface area contributed by atoms with Gasteiger partial charge >= 0.3 is 6.03 Å². The monoisotopic (exact) mass is 397 g/mol.